The van der Waals surface area contributed by atoms with Gasteiger partial charge in [0.2, 0.25) is 15.9 Å². The molecule has 8 nitrogen and oxygen atoms in total. The molecule has 0 radical (unpaired) electrons. The van der Waals surface area contributed by atoms with Crippen molar-refractivity contribution >= 4 is 39.1 Å². The number of hydrogen-bond donors (Lipinski definition) is 1. The van der Waals surface area contributed by atoms with Crippen LogP contribution in [0, 0.1) is 5.92 Å². The third kappa shape index (κ3) is 4.73. The summed E-state index contributed by atoms with van der Waals surface area (Å²) in [6.45, 7) is 4.61. The van der Waals surface area contributed by atoms with Crippen molar-refractivity contribution in [2.24, 2.45) is 5.92 Å². The lowest BCUT2D eigenvalue weighted by molar-refractivity contribution is -0.137. The van der Waals surface area contributed by atoms with E-state index in [0.29, 0.717) is 43.5 Å². The van der Waals surface area contributed by atoms with E-state index in [9.17, 15) is 22.8 Å². The lowest BCUT2D eigenvalue weighted by Gasteiger charge is -2.36. The normalized spacial score (nSPS) is 18.2. The zero-order valence-electron chi connectivity index (χ0n) is 18.6. The molecule has 0 bridgehead atoms. The summed E-state index contributed by atoms with van der Waals surface area (Å²) in [6, 6.07) is 8.72. The first kappa shape index (κ1) is 23.6. The van der Waals surface area contributed by atoms with Gasteiger partial charge in [-0.3, -0.25) is 19.3 Å². The van der Waals surface area contributed by atoms with Gasteiger partial charge in [0.1, 0.15) is 10.3 Å². The Labute approximate surface area is 197 Å². The molecule has 1 atom stereocenters. The van der Waals surface area contributed by atoms with Crippen LogP contribution >= 0.6 is 11.3 Å². The molecule has 10 heteroatoms. The number of imide groups is 1. The van der Waals surface area contributed by atoms with Crippen LogP contribution in [0.1, 0.15) is 53.8 Å². The van der Waals surface area contributed by atoms with Gasteiger partial charge in [-0.15, -0.1) is 11.3 Å². The van der Waals surface area contributed by atoms with Crippen molar-refractivity contribution in [3.63, 3.8) is 0 Å². The van der Waals surface area contributed by atoms with Crippen molar-refractivity contribution in [2.75, 3.05) is 13.1 Å². The zero-order valence-corrected chi connectivity index (χ0v) is 20.2. The number of sulfonamides is 1. The molecular formula is C23H27N3O5S2. The summed E-state index contributed by atoms with van der Waals surface area (Å²) < 4.78 is 28.0. The van der Waals surface area contributed by atoms with E-state index in [1.165, 1.54) is 0 Å². The number of rotatable bonds is 7. The van der Waals surface area contributed by atoms with E-state index >= 15 is 0 Å². The molecule has 2 aliphatic heterocycles. The number of carbonyl (C=O) groups is 3. The Kier molecular flexibility index (Phi) is 6.69. The molecular weight excluding hydrogens is 462 g/mol. The Morgan fingerprint density at radius 3 is 2.18 bits per heavy atom. The van der Waals surface area contributed by atoms with Crippen molar-refractivity contribution in [1.29, 1.82) is 0 Å². The summed E-state index contributed by atoms with van der Waals surface area (Å²) in [5.74, 6) is -1.04. The summed E-state index contributed by atoms with van der Waals surface area (Å²) in [5.41, 5.74) is 0.650. The van der Waals surface area contributed by atoms with E-state index in [0.717, 1.165) is 16.2 Å². The van der Waals surface area contributed by atoms with Gasteiger partial charge >= 0.3 is 0 Å². The minimum atomic E-state index is -3.58. The zero-order chi connectivity index (χ0) is 23.8. The molecule has 2 aromatic rings. The largest absolute Gasteiger partial charge is 0.341 e. The number of piperidine rings is 1. The maximum absolute atomic E-state index is 13.5. The Bertz CT molecular complexity index is 1120. The lowest BCUT2D eigenvalue weighted by atomic mass is 9.99. The van der Waals surface area contributed by atoms with Crippen LogP contribution in [0.4, 0.5) is 0 Å². The molecule has 0 aliphatic carbocycles. The van der Waals surface area contributed by atoms with Crippen LogP contribution < -0.4 is 4.72 Å². The van der Waals surface area contributed by atoms with E-state index in [1.807, 2.05) is 13.8 Å². The Morgan fingerprint density at radius 2 is 1.67 bits per heavy atom. The number of nitrogens with zero attached hydrogens (tertiary/aromatic N) is 2. The number of hydrogen-bond acceptors (Lipinski definition) is 6. The number of benzene rings is 1. The third-order valence-electron chi connectivity index (χ3n) is 6.01. The Hall–Kier alpha value is -2.56. The minimum Gasteiger partial charge on any atom is -0.341 e. The number of thiophene rings is 1. The molecule has 2 aliphatic rings. The molecule has 1 aromatic heterocycles. The van der Waals surface area contributed by atoms with Gasteiger partial charge in [0.15, 0.2) is 0 Å². The molecule has 0 spiro atoms. The number of fused-ring (bicyclic) bond motifs is 1. The van der Waals surface area contributed by atoms with Crippen LogP contribution in [0.5, 0.6) is 0 Å². The maximum atomic E-state index is 13.5. The van der Waals surface area contributed by atoms with E-state index in [4.69, 9.17) is 0 Å². The molecule has 3 amide bonds. The molecule has 1 unspecified atom stereocenters. The first-order chi connectivity index (χ1) is 15.7. The average molecular weight is 490 g/mol. The monoisotopic (exact) mass is 489 g/mol. The SMILES string of the molecule is CC(C)CC(C(=O)N1CCC(NS(=O)(=O)c2cccs2)CC1)N1C(=O)c2ccccc2C1=O. The topological polar surface area (TPSA) is 104 Å². The van der Waals surface area contributed by atoms with Gasteiger partial charge < -0.3 is 4.90 Å². The number of carbonyl (C=O) groups excluding carboxylic acids is 3. The first-order valence-electron chi connectivity index (χ1n) is 11.0. The molecule has 176 valence electrons. The fourth-order valence-corrected chi connectivity index (χ4v) is 6.69. The quantitative estimate of drug-likeness (QED) is 0.603. The van der Waals surface area contributed by atoms with Crippen LogP contribution in [0.15, 0.2) is 46.0 Å². The van der Waals surface area contributed by atoms with Gasteiger partial charge in [0.05, 0.1) is 11.1 Å². The van der Waals surface area contributed by atoms with Gasteiger partial charge in [-0.25, -0.2) is 13.1 Å². The predicted molar refractivity (Wildman–Crippen MR) is 124 cm³/mol. The molecule has 33 heavy (non-hydrogen) atoms. The van der Waals surface area contributed by atoms with Crippen LogP contribution in [-0.2, 0) is 14.8 Å². The van der Waals surface area contributed by atoms with Crippen molar-refractivity contribution in [1.82, 2.24) is 14.5 Å². The highest BCUT2D eigenvalue weighted by Crippen LogP contribution is 2.28. The summed E-state index contributed by atoms with van der Waals surface area (Å²) in [6.07, 6.45) is 1.30. The highest BCUT2D eigenvalue weighted by molar-refractivity contribution is 7.91. The van der Waals surface area contributed by atoms with E-state index in [-0.39, 0.29) is 22.1 Å². The van der Waals surface area contributed by atoms with Crippen LogP contribution in [0.25, 0.3) is 0 Å². The van der Waals surface area contributed by atoms with Gasteiger partial charge in [0.25, 0.3) is 11.8 Å². The number of nitrogens with one attached hydrogen (secondary N) is 1. The van der Waals surface area contributed by atoms with E-state index < -0.39 is 27.9 Å². The third-order valence-corrected chi connectivity index (χ3v) is 8.92. The van der Waals surface area contributed by atoms with Gasteiger partial charge in [-0.2, -0.15) is 0 Å². The summed E-state index contributed by atoms with van der Waals surface area (Å²) in [4.78, 5) is 42.2. The molecule has 1 saturated heterocycles. The van der Waals surface area contributed by atoms with Crippen LogP contribution in [0.3, 0.4) is 0 Å². The van der Waals surface area contributed by atoms with Crippen molar-refractivity contribution in [3.05, 3.63) is 52.9 Å². The van der Waals surface area contributed by atoms with Crippen molar-refractivity contribution in [3.8, 4) is 0 Å². The maximum Gasteiger partial charge on any atom is 0.262 e. The minimum absolute atomic E-state index is 0.0957. The van der Waals surface area contributed by atoms with Gasteiger partial charge in [-0.05, 0) is 48.8 Å². The molecule has 4 rings (SSSR count). The highest BCUT2D eigenvalue weighted by Gasteiger charge is 2.44. The summed E-state index contributed by atoms with van der Waals surface area (Å²) in [7, 11) is -3.58. The highest BCUT2D eigenvalue weighted by atomic mass is 32.2. The van der Waals surface area contributed by atoms with E-state index in [2.05, 4.69) is 4.72 Å². The Balaban J connectivity index is 1.46. The van der Waals surface area contributed by atoms with Crippen LogP contribution in [0.2, 0.25) is 0 Å². The molecule has 1 fully saturated rings. The second-order valence-electron chi connectivity index (χ2n) is 8.82. The first-order valence-corrected chi connectivity index (χ1v) is 13.4. The molecule has 0 saturated carbocycles. The van der Waals surface area contributed by atoms with Crippen molar-refractivity contribution < 1.29 is 22.8 Å². The number of likely N-dealkylation sites (tertiary alicyclic amines) is 1. The summed E-state index contributed by atoms with van der Waals surface area (Å²) in [5, 5.41) is 1.71. The number of amides is 3. The van der Waals surface area contributed by atoms with E-state index in [1.54, 1.807) is 46.7 Å². The fourth-order valence-electron chi connectivity index (χ4n) is 4.38. The lowest BCUT2D eigenvalue weighted by Crippen LogP contribution is -2.54. The average Bonchev–Trinajstić information content (AvgIpc) is 3.41. The van der Waals surface area contributed by atoms with Gasteiger partial charge in [-0.1, -0.05) is 32.0 Å². The molecule has 1 aromatic carbocycles. The van der Waals surface area contributed by atoms with Crippen LogP contribution in [-0.4, -0.2) is 61.1 Å². The smallest absolute Gasteiger partial charge is 0.262 e. The van der Waals surface area contributed by atoms with Gasteiger partial charge in [0, 0.05) is 19.1 Å². The second-order valence-corrected chi connectivity index (χ2v) is 11.7. The Morgan fingerprint density at radius 1 is 1.06 bits per heavy atom. The summed E-state index contributed by atoms with van der Waals surface area (Å²) >= 11 is 1.16. The molecule has 1 N–H and O–H groups in total. The second kappa shape index (κ2) is 9.36. The van der Waals surface area contributed by atoms with Crippen molar-refractivity contribution in [2.45, 2.75) is 49.4 Å². The standard InChI is InChI=1S/C23H27N3O5S2/c1-15(2)14-19(26-21(27)17-6-3-4-7-18(17)22(26)28)23(29)25-11-9-16(10-12-25)24-33(30,31)20-8-5-13-32-20/h3-8,13,15-16,19,24H,9-12,14H2,1-2H3. The predicted octanol–water partition coefficient (Wildman–Crippen LogP) is 2.73. The fraction of sp³-hybridized carbons (Fsp3) is 0.435. The molecule has 3 heterocycles.